The fraction of sp³-hybridized carbons (Fsp3) is 0.500. The molecule has 4 heteroatoms. The lowest BCUT2D eigenvalue weighted by molar-refractivity contribution is 0.309. The van der Waals surface area contributed by atoms with E-state index in [0.29, 0.717) is 0 Å². The predicted octanol–water partition coefficient (Wildman–Crippen LogP) is 4.45. The number of ether oxygens (including phenoxy) is 1. The van der Waals surface area contributed by atoms with E-state index in [1.165, 1.54) is 6.42 Å². The molecule has 0 N–H and O–H groups in total. The van der Waals surface area contributed by atoms with E-state index in [1.807, 2.05) is 6.07 Å². The standard InChI is InChI=1S/C8H10Br2OS/c1-2-3-4-11-6-5-7(9)12-8(6)10/h5H,2-4H2,1H3. The molecule has 0 unspecified atom stereocenters. The molecule has 0 spiro atoms. The third kappa shape index (κ3) is 3.07. The highest BCUT2D eigenvalue weighted by Crippen LogP contribution is 2.37. The lowest BCUT2D eigenvalue weighted by Crippen LogP contribution is -1.95. The Hall–Kier alpha value is 0.460. The first kappa shape index (κ1) is 10.5. The van der Waals surface area contributed by atoms with Crippen molar-refractivity contribution in [3.05, 3.63) is 13.6 Å². The molecule has 1 heterocycles. The van der Waals surface area contributed by atoms with Crippen molar-refractivity contribution in [1.29, 1.82) is 0 Å². The van der Waals surface area contributed by atoms with E-state index in [9.17, 15) is 0 Å². The SMILES string of the molecule is CCCCOc1cc(Br)sc1Br. The summed E-state index contributed by atoms with van der Waals surface area (Å²) in [5.41, 5.74) is 0. The Morgan fingerprint density at radius 1 is 1.50 bits per heavy atom. The molecule has 12 heavy (non-hydrogen) atoms. The molecule has 0 aliphatic heterocycles. The van der Waals surface area contributed by atoms with E-state index < -0.39 is 0 Å². The van der Waals surface area contributed by atoms with Gasteiger partial charge in [0.15, 0.2) is 0 Å². The van der Waals surface area contributed by atoms with E-state index in [4.69, 9.17) is 4.74 Å². The van der Waals surface area contributed by atoms with Gasteiger partial charge >= 0.3 is 0 Å². The van der Waals surface area contributed by atoms with Gasteiger partial charge in [-0.1, -0.05) is 13.3 Å². The Morgan fingerprint density at radius 3 is 2.75 bits per heavy atom. The zero-order valence-electron chi connectivity index (χ0n) is 6.77. The number of hydrogen-bond acceptors (Lipinski definition) is 2. The van der Waals surface area contributed by atoms with Crippen molar-refractivity contribution < 1.29 is 4.74 Å². The fourth-order valence-corrected chi connectivity index (χ4v) is 3.40. The number of unbranched alkanes of at least 4 members (excludes halogenated alkanes) is 1. The third-order valence-electron chi connectivity index (χ3n) is 1.38. The maximum absolute atomic E-state index is 5.53. The average molecular weight is 314 g/mol. The summed E-state index contributed by atoms with van der Waals surface area (Å²) in [5, 5.41) is 0. The molecule has 0 fully saturated rings. The normalized spacial score (nSPS) is 10.2. The van der Waals surface area contributed by atoms with Gasteiger partial charge < -0.3 is 4.74 Å². The van der Waals surface area contributed by atoms with Crippen LogP contribution in [0.25, 0.3) is 0 Å². The Kier molecular flexibility index (Phi) is 4.61. The molecule has 1 aromatic heterocycles. The quantitative estimate of drug-likeness (QED) is 0.746. The third-order valence-corrected chi connectivity index (χ3v) is 3.67. The summed E-state index contributed by atoms with van der Waals surface area (Å²) in [6.07, 6.45) is 2.28. The van der Waals surface area contributed by atoms with E-state index in [2.05, 4.69) is 38.8 Å². The minimum absolute atomic E-state index is 0.804. The highest BCUT2D eigenvalue weighted by Gasteiger charge is 2.04. The Bertz CT molecular complexity index is 247. The molecule has 0 saturated heterocycles. The molecule has 68 valence electrons. The van der Waals surface area contributed by atoms with Gasteiger partial charge in [-0.25, -0.2) is 0 Å². The summed E-state index contributed by atoms with van der Waals surface area (Å²) < 4.78 is 7.69. The van der Waals surface area contributed by atoms with Crippen LogP contribution in [0.3, 0.4) is 0 Å². The van der Waals surface area contributed by atoms with Crippen molar-refractivity contribution in [1.82, 2.24) is 0 Å². The molecule has 0 aliphatic rings. The molecule has 0 saturated carbocycles. The van der Waals surface area contributed by atoms with Gasteiger partial charge in [-0.05, 0) is 38.3 Å². The van der Waals surface area contributed by atoms with Crippen LogP contribution in [0.1, 0.15) is 19.8 Å². The van der Waals surface area contributed by atoms with Crippen molar-refractivity contribution in [3.63, 3.8) is 0 Å². The first-order valence-corrected chi connectivity index (χ1v) is 6.22. The molecule has 1 nitrogen and oxygen atoms in total. The smallest absolute Gasteiger partial charge is 0.145 e. The molecule has 1 aromatic rings. The van der Waals surface area contributed by atoms with E-state index in [-0.39, 0.29) is 0 Å². The van der Waals surface area contributed by atoms with E-state index >= 15 is 0 Å². The Labute approximate surface area is 93.4 Å². The average Bonchev–Trinajstić information content (AvgIpc) is 2.31. The maximum Gasteiger partial charge on any atom is 0.145 e. The van der Waals surface area contributed by atoms with Crippen LogP contribution < -0.4 is 4.74 Å². The summed E-state index contributed by atoms with van der Waals surface area (Å²) in [6, 6.07) is 1.99. The van der Waals surface area contributed by atoms with Gasteiger partial charge in [0.05, 0.1) is 10.4 Å². The van der Waals surface area contributed by atoms with Crippen LogP contribution in [0, 0.1) is 0 Å². The van der Waals surface area contributed by atoms with Crippen LogP contribution >= 0.6 is 43.2 Å². The van der Waals surface area contributed by atoms with Crippen LogP contribution in [0.2, 0.25) is 0 Å². The van der Waals surface area contributed by atoms with Crippen molar-refractivity contribution >= 4 is 43.2 Å². The largest absolute Gasteiger partial charge is 0.491 e. The van der Waals surface area contributed by atoms with Gasteiger partial charge in [0.1, 0.15) is 9.54 Å². The lowest BCUT2D eigenvalue weighted by atomic mass is 10.4. The predicted molar refractivity (Wildman–Crippen MR) is 60.1 cm³/mol. The second-order valence-corrected chi connectivity index (χ2v) is 6.14. The van der Waals surface area contributed by atoms with Gasteiger partial charge in [-0.3, -0.25) is 0 Å². The summed E-state index contributed by atoms with van der Waals surface area (Å²) >= 11 is 8.47. The first-order chi connectivity index (χ1) is 5.74. The van der Waals surface area contributed by atoms with Crippen molar-refractivity contribution in [2.45, 2.75) is 19.8 Å². The number of thiophene rings is 1. The van der Waals surface area contributed by atoms with Crippen LogP contribution in [-0.4, -0.2) is 6.61 Å². The van der Waals surface area contributed by atoms with Crippen LogP contribution in [0.4, 0.5) is 0 Å². The molecule has 0 aromatic carbocycles. The van der Waals surface area contributed by atoms with Crippen LogP contribution in [0.5, 0.6) is 5.75 Å². The topological polar surface area (TPSA) is 9.23 Å². The van der Waals surface area contributed by atoms with E-state index in [1.54, 1.807) is 11.3 Å². The van der Waals surface area contributed by atoms with Gasteiger partial charge in [-0.15, -0.1) is 11.3 Å². The number of halogens is 2. The van der Waals surface area contributed by atoms with Crippen molar-refractivity contribution in [3.8, 4) is 5.75 Å². The molecule has 0 atom stereocenters. The number of rotatable bonds is 4. The highest BCUT2D eigenvalue weighted by atomic mass is 79.9. The van der Waals surface area contributed by atoms with Crippen LogP contribution in [-0.2, 0) is 0 Å². The second-order valence-electron chi connectivity index (χ2n) is 2.39. The van der Waals surface area contributed by atoms with Gasteiger partial charge in [0.2, 0.25) is 0 Å². The zero-order chi connectivity index (χ0) is 8.97. The summed E-state index contributed by atoms with van der Waals surface area (Å²) in [6.45, 7) is 2.96. The first-order valence-electron chi connectivity index (χ1n) is 3.81. The molecule has 1 rings (SSSR count). The molecule has 0 bridgehead atoms. The van der Waals surface area contributed by atoms with Crippen LogP contribution in [0.15, 0.2) is 13.6 Å². The molecular formula is C8H10Br2OS. The molecular weight excluding hydrogens is 304 g/mol. The van der Waals surface area contributed by atoms with Gasteiger partial charge in [0, 0.05) is 6.07 Å². The van der Waals surface area contributed by atoms with E-state index in [0.717, 1.165) is 26.4 Å². The van der Waals surface area contributed by atoms with Crippen molar-refractivity contribution in [2.75, 3.05) is 6.61 Å². The monoisotopic (exact) mass is 312 g/mol. The maximum atomic E-state index is 5.53. The van der Waals surface area contributed by atoms with Gasteiger partial charge in [0.25, 0.3) is 0 Å². The zero-order valence-corrected chi connectivity index (χ0v) is 10.8. The summed E-state index contributed by atoms with van der Waals surface area (Å²) in [7, 11) is 0. The fourth-order valence-electron chi connectivity index (χ4n) is 0.750. The minimum atomic E-state index is 0.804. The second kappa shape index (κ2) is 5.25. The molecule has 0 aliphatic carbocycles. The summed E-state index contributed by atoms with van der Waals surface area (Å²) in [4.78, 5) is 0. The minimum Gasteiger partial charge on any atom is -0.491 e. The highest BCUT2D eigenvalue weighted by molar-refractivity contribution is 9.12. The van der Waals surface area contributed by atoms with Crippen molar-refractivity contribution in [2.24, 2.45) is 0 Å². The Balaban J connectivity index is 2.45. The molecule has 0 amide bonds. The Morgan fingerprint density at radius 2 is 2.25 bits per heavy atom. The number of hydrogen-bond donors (Lipinski definition) is 0. The summed E-state index contributed by atoms with van der Waals surface area (Å²) in [5.74, 6) is 0.945. The van der Waals surface area contributed by atoms with Gasteiger partial charge in [-0.2, -0.15) is 0 Å². The lowest BCUT2D eigenvalue weighted by Gasteiger charge is -2.01. The molecule has 0 radical (unpaired) electrons.